The van der Waals surface area contributed by atoms with Gasteiger partial charge in [-0.15, -0.1) is 0 Å². The number of anilines is 2. The molecule has 0 atom stereocenters. The summed E-state index contributed by atoms with van der Waals surface area (Å²) < 4.78 is 35.8. The Bertz CT molecular complexity index is 2290. The van der Waals surface area contributed by atoms with Gasteiger partial charge in [-0.25, -0.2) is 18.1 Å². The highest BCUT2D eigenvalue weighted by Crippen LogP contribution is 2.41. The van der Waals surface area contributed by atoms with Crippen molar-refractivity contribution in [3.05, 3.63) is 87.7 Å². The molecule has 14 heteroatoms. The molecular weight excluding hydrogens is 767 g/mol. The van der Waals surface area contributed by atoms with Gasteiger partial charge in [0.15, 0.2) is 0 Å². The number of rotatable bonds is 15. The highest BCUT2D eigenvalue weighted by Gasteiger charge is 2.30. The average Bonchev–Trinajstić information content (AvgIpc) is 3.69. The number of piperazine rings is 1. The van der Waals surface area contributed by atoms with Crippen molar-refractivity contribution in [2.75, 3.05) is 49.5 Å². The van der Waals surface area contributed by atoms with E-state index in [1.54, 1.807) is 41.7 Å². The number of nitro groups is 1. The average molecular weight is 826 g/mol. The van der Waals surface area contributed by atoms with Crippen molar-refractivity contribution < 1.29 is 22.9 Å². The number of unbranched alkanes of at least 4 members (excludes halogenated alkanes) is 1. The van der Waals surface area contributed by atoms with Crippen LogP contribution in [0.15, 0.2) is 77.0 Å². The Kier molecular flexibility index (Phi) is 13.0. The number of hydrogen-bond donors (Lipinski definition) is 3. The van der Waals surface area contributed by atoms with Crippen molar-refractivity contribution >= 4 is 44.0 Å². The van der Waals surface area contributed by atoms with Gasteiger partial charge in [0.1, 0.15) is 22.8 Å². The van der Waals surface area contributed by atoms with E-state index in [1.807, 2.05) is 12.1 Å². The minimum absolute atomic E-state index is 0.00789. The number of aromatic amines is 1. The van der Waals surface area contributed by atoms with Crippen LogP contribution in [0.4, 0.5) is 17.1 Å². The van der Waals surface area contributed by atoms with E-state index in [0.717, 1.165) is 82.0 Å². The van der Waals surface area contributed by atoms with Gasteiger partial charge in [0, 0.05) is 68.7 Å². The van der Waals surface area contributed by atoms with Gasteiger partial charge in [0.05, 0.1) is 21.6 Å². The second-order valence-corrected chi connectivity index (χ2v) is 19.3. The number of ether oxygens (including phenoxy) is 1. The van der Waals surface area contributed by atoms with Gasteiger partial charge in [0.2, 0.25) is 0 Å². The van der Waals surface area contributed by atoms with Crippen LogP contribution in [-0.4, -0.2) is 73.4 Å². The zero-order valence-corrected chi connectivity index (χ0v) is 35.7. The summed E-state index contributed by atoms with van der Waals surface area (Å²) in [5, 5.41) is 16.1. The highest BCUT2D eigenvalue weighted by atomic mass is 32.2. The molecule has 2 aromatic heterocycles. The number of hydrogen-bond acceptors (Lipinski definition) is 10. The van der Waals surface area contributed by atoms with E-state index in [4.69, 9.17) is 4.74 Å². The van der Waals surface area contributed by atoms with E-state index in [1.165, 1.54) is 44.2 Å². The lowest BCUT2D eigenvalue weighted by atomic mass is 9.73. The lowest BCUT2D eigenvalue weighted by Gasteiger charge is -2.39. The van der Waals surface area contributed by atoms with Gasteiger partial charge in [-0.1, -0.05) is 58.1 Å². The third-order valence-corrected chi connectivity index (χ3v) is 13.8. The summed E-state index contributed by atoms with van der Waals surface area (Å²) in [5.74, 6) is 0.681. The minimum Gasteiger partial charge on any atom is -0.455 e. The van der Waals surface area contributed by atoms with E-state index in [-0.39, 0.29) is 27.6 Å². The molecule has 1 aliphatic heterocycles. The molecule has 0 radical (unpaired) electrons. The first-order valence-corrected chi connectivity index (χ1v) is 22.8. The SMILES string of the molecule is CCCCC1=C(CN2CCN(c3ccc(C(=O)NS(=O)(=O)c4ccc(NC[C@H]5CC[C@@H](C)CC5)c([N+](=O)[O-])c4)c(Oc4cnc5[nH]ccc5c4)c3)CC2)CCC(C)(C)C1. The van der Waals surface area contributed by atoms with Gasteiger partial charge < -0.3 is 19.9 Å². The molecule has 0 bridgehead atoms. The topological polar surface area (TPSA) is 163 Å². The first kappa shape index (κ1) is 42.2. The highest BCUT2D eigenvalue weighted by molar-refractivity contribution is 7.90. The standard InChI is InChI=1S/C45H59N7O6S/c1-5-6-7-34-27-45(3,4)18-16-35(34)30-50-20-22-51(23-21-50)36-12-14-39(42(25-36)58-37-24-33-17-19-46-43(33)48-29-37)44(53)49-59(56,57)38-13-15-40(41(26-38)52(54)55)47-28-32-10-8-31(2)9-11-32/h12-15,17,19,24-26,29,31-32,47H,5-11,16,18,20-23,27-28,30H2,1-4H3,(H,46,48)(H,49,53)/t31-,32+. The lowest BCUT2D eigenvalue weighted by molar-refractivity contribution is -0.384. The molecule has 0 spiro atoms. The number of carbonyl (C=O) groups is 1. The maximum Gasteiger partial charge on any atom is 0.293 e. The number of aromatic nitrogens is 2. The molecule has 2 aromatic carbocycles. The number of pyridine rings is 1. The Hall–Kier alpha value is -4.95. The molecule has 1 saturated carbocycles. The van der Waals surface area contributed by atoms with Crippen molar-refractivity contribution in [2.45, 2.75) is 96.8 Å². The van der Waals surface area contributed by atoms with Crippen LogP contribution >= 0.6 is 0 Å². The number of fused-ring (bicyclic) bond motifs is 1. The van der Waals surface area contributed by atoms with E-state index in [0.29, 0.717) is 35.2 Å². The molecular formula is C45H59N7O6S. The maximum absolute atomic E-state index is 13.9. The van der Waals surface area contributed by atoms with Gasteiger partial charge in [-0.3, -0.25) is 19.8 Å². The fourth-order valence-corrected chi connectivity index (χ4v) is 9.81. The van der Waals surface area contributed by atoms with Crippen molar-refractivity contribution in [3.63, 3.8) is 0 Å². The zero-order valence-electron chi connectivity index (χ0n) is 34.9. The number of nitro benzene ring substituents is 1. The van der Waals surface area contributed by atoms with E-state index in [2.05, 4.69) is 57.5 Å². The second-order valence-electron chi connectivity index (χ2n) is 17.7. The molecule has 316 valence electrons. The smallest absolute Gasteiger partial charge is 0.293 e. The van der Waals surface area contributed by atoms with Crippen LogP contribution in [0.2, 0.25) is 0 Å². The summed E-state index contributed by atoms with van der Waals surface area (Å²) >= 11 is 0. The largest absolute Gasteiger partial charge is 0.455 e. The molecule has 0 unspecified atom stereocenters. The van der Waals surface area contributed by atoms with Crippen LogP contribution in [0.3, 0.4) is 0 Å². The van der Waals surface area contributed by atoms with Gasteiger partial charge in [-0.2, -0.15) is 0 Å². The normalized spacial score (nSPS) is 20.1. The van der Waals surface area contributed by atoms with Crippen molar-refractivity contribution in [1.29, 1.82) is 0 Å². The third-order valence-electron chi connectivity index (χ3n) is 12.5. The van der Waals surface area contributed by atoms with Crippen LogP contribution < -0.4 is 19.7 Å². The third kappa shape index (κ3) is 10.4. The summed E-state index contributed by atoms with van der Waals surface area (Å²) in [6, 6.07) is 12.5. The first-order chi connectivity index (χ1) is 28.3. The number of carbonyl (C=O) groups excluding carboxylic acids is 1. The molecule has 7 rings (SSSR count). The molecule has 13 nitrogen and oxygen atoms in total. The van der Waals surface area contributed by atoms with Crippen LogP contribution in [0, 0.1) is 27.4 Å². The van der Waals surface area contributed by atoms with Gasteiger partial charge in [-0.05, 0) is 98.6 Å². The molecule has 3 aliphatic rings. The Labute approximate surface area is 348 Å². The van der Waals surface area contributed by atoms with Gasteiger partial charge >= 0.3 is 0 Å². The van der Waals surface area contributed by atoms with Crippen molar-refractivity contribution in [3.8, 4) is 11.5 Å². The number of benzene rings is 2. The Morgan fingerprint density at radius 1 is 1.03 bits per heavy atom. The first-order valence-electron chi connectivity index (χ1n) is 21.3. The molecule has 59 heavy (non-hydrogen) atoms. The summed E-state index contributed by atoms with van der Waals surface area (Å²) in [7, 11) is -4.52. The van der Waals surface area contributed by atoms with Crippen LogP contribution in [0.1, 0.15) is 102 Å². The predicted molar refractivity (Wildman–Crippen MR) is 233 cm³/mol. The van der Waals surface area contributed by atoms with E-state index >= 15 is 0 Å². The van der Waals surface area contributed by atoms with Crippen molar-refractivity contribution in [1.82, 2.24) is 19.6 Å². The molecule has 1 amide bonds. The zero-order chi connectivity index (χ0) is 41.7. The number of amides is 1. The fourth-order valence-electron chi connectivity index (χ4n) is 8.82. The molecule has 3 N–H and O–H groups in total. The lowest BCUT2D eigenvalue weighted by Crippen LogP contribution is -2.47. The Morgan fingerprint density at radius 2 is 1.81 bits per heavy atom. The van der Waals surface area contributed by atoms with E-state index < -0.39 is 20.9 Å². The molecule has 2 fully saturated rings. The predicted octanol–water partition coefficient (Wildman–Crippen LogP) is 9.44. The van der Waals surface area contributed by atoms with Gasteiger partial charge in [0.25, 0.3) is 21.6 Å². The number of nitrogens with zero attached hydrogens (tertiary/aromatic N) is 4. The molecule has 3 heterocycles. The Morgan fingerprint density at radius 3 is 2.56 bits per heavy atom. The van der Waals surface area contributed by atoms with Crippen molar-refractivity contribution in [2.24, 2.45) is 17.3 Å². The summed E-state index contributed by atoms with van der Waals surface area (Å²) in [4.78, 5) is 37.3. The number of allylic oxidation sites excluding steroid dienone is 1. The van der Waals surface area contributed by atoms with Crippen LogP contribution in [-0.2, 0) is 10.0 Å². The number of nitrogens with one attached hydrogen (secondary N) is 3. The van der Waals surface area contributed by atoms with E-state index in [9.17, 15) is 23.3 Å². The monoisotopic (exact) mass is 825 g/mol. The summed E-state index contributed by atoms with van der Waals surface area (Å²) in [6.45, 7) is 14.2. The summed E-state index contributed by atoms with van der Waals surface area (Å²) in [5.41, 5.74) is 5.02. The van der Waals surface area contributed by atoms with Crippen LogP contribution in [0.5, 0.6) is 11.5 Å². The molecule has 4 aromatic rings. The molecule has 2 aliphatic carbocycles. The van der Waals surface area contributed by atoms with Crippen LogP contribution in [0.25, 0.3) is 11.0 Å². The molecule has 1 saturated heterocycles. The number of sulfonamides is 1. The number of H-pyrrole nitrogens is 1. The minimum atomic E-state index is -4.52. The fraction of sp³-hybridized carbons (Fsp3) is 0.511. The quantitative estimate of drug-likeness (QED) is 0.0598. The summed E-state index contributed by atoms with van der Waals surface area (Å²) in [6.07, 6.45) is 14.8. The Balaban J connectivity index is 1.08. The second kappa shape index (κ2) is 18.1. The maximum atomic E-state index is 13.9.